The van der Waals surface area contributed by atoms with Gasteiger partial charge in [0.1, 0.15) is 0 Å². The Balaban J connectivity index is 2.15. The van der Waals surface area contributed by atoms with Crippen molar-refractivity contribution in [2.24, 2.45) is 0 Å². The van der Waals surface area contributed by atoms with Crippen LogP contribution < -0.4 is 5.32 Å². The zero-order valence-corrected chi connectivity index (χ0v) is 9.79. The fourth-order valence-corrected chi connectivity index (χ4v) is 1.89. The summed E-state index contributed by atoms with van der Waals surface area (Å²) in [5.41, 5.74) is 0. The van der Waals surface area contributed by atoms with Gasteiger partial charge in [0, 0.05) is 19.1 Å². The molecule has 0 bridgehead atoms. The first-order chi connectivity index (χ1) is 7.26. The Kier molecular flexibility index (Phi) is 5.65. The van der Waals surface area contributed by atoms with Crippen LogP contribution in [0, 0.1) is 0 Å². The molecule has 1 fully saturated rings. The van der Waals surface area contributed by atoms with Gasteiger partial charge in [-0.15, -0.1) is 0 Å². The minimum absolute atomic E-state index is 0.130. The van der Waals surface area contributed by atoms with Gasteiger partial charge in [0.2, 0.25) is 0 Å². The van der Waals surface area contributed by atoms with Gasteiger partial charge in [-0.2, -0.15) is 0 Å². The molecule has 1 aliphatic heterocycles. The molecule has 0 aromatic rings. The average molecular weight is 214 g/mol. The Labute approximate surface area is 92.0 Å². The Morgan fingerprint density at radius 1 is 1.47 bits per heavy atom. The molecule has 0 atom stereocenters. The molecule has 0 aliphatic carbocycles. The second-order valence-corrected chi connectivity index (χ2v) is 4.08. The number of nitrogens with zero attached hydrogens (tertiary/aromatic N) is 1. The lowest BCUT2D eigenvalue weighted by Gasteiger charge is -2.31. The number of likely N-dealkylation sites (tertiary alicyclic amines) is 1. The molecule has 0 amide bonds. The minimum Gasteiger partial charge on any atom is -0.468 e. The first-order valence-corrected chi connectivity index (χ1v) is 5.78. The van der Waals surface area contributed by atoms with Crippen LogP contribution in [-0.4, -0.2) is 50.2 Å². The lowest BCUT2D eigenvalue weighted by molar-refractivity contribution is -0.142. The average Bonchev–Trinajstić information content (AvgIpc) is 2.28. The molecule has 1 saturated heterocycles. The maximum atomic E-state index is 11.1. The van der Waals surface area contributed by atoms with Crippen LogP contribution in [0.25, 0.3) is 0 Å². The van der Waals surface area contributed by atoms with E-state index in [1.165, 1.54) is 13.5 Å². The Morgan fingerprint density at radius 3 is 2.67 bits per heavy atom. The standard InChI is InChI=1S/C11H22N2O2/c1-3-6-12-10-4-7-13(8-5-10)9-11(14)15-2/h10,12H,3-9H2,1-2H3. The summed E-state index contributed by atoms with van der Waals surface area (Å²) in [7, 11) is 1.44. The lowest BCUT2D eigenvalue weighted by Crippen LogP contribution is -2.44. The third-order valence-electron chi connectivity index (χ3n) is 2.85. The summed E-state index contributed by atoms with van der Waals surface area (Å²) in [6, 6.07) is 0.638. The van der Waals surface area contributed by atoms with Crippen molar-refractivity contribution in [1.29, 1.82) is 0 Å². The topological polar surface area (TPSA) is 41.6 Å². The smallest absolute Gasteiger partial charge is 0.319 e. The van der Waals surface area contributed by atoms with Crippen LogP contribution in [0.5, 0.6) is 0 Å². The second kappa shape index (κ2) is 6.80. The molecule has 88 valence electrons. The summed E-state index contributed by atoms with van der Waals surface area (Å²) < 4.78 is 4.65. The zero-order chi connectivity index (χ0) is 11.1. The molecule has 4 heteroatoms. The highest BCUT2D eigenvalue weighted by molar-refractivity contribution is 5.71. The molecule has 1 rings (SSSR count). The highest BCUT2D eigenvalue weighted by Crippen LogP contribution is 2.09. The van der Waals surface area contributed by atoms with Crippen molar-refractivity contribution in [3.05, 3.63) is 0 Å². The molecule has 0 aromatic carbocycles. The summed E-state index contributed by atoms with van der Waals surface area (Å²) in [5.74, 6) is -0.130. The maximum Gasteiger partial charge on any atom is 0.319 e. The minimum atomic E-state index is -0.130. The van der Waals surface area contributed by atoms with Gasteiger partial charge < -0.3 is 10.1 Å². The number of ether oxygens (including phenoxy) is 1. The van der Waals surface area contributed by atoms with Crippen LogP contribution in [0.3, 0.4) is 0 Å². The molecule has 1 aliphatic rings. The first-order valence-electron chi connectivity index (χ1n) is 5.78. The van der Waals surface area contributed by atoms with Crippen molar-refractivity contribution in [2.75, 3.05) is 33.3 Å². The van der Waals surface area contributed by atoms with E-state index in [0.29, 0.717) is 12.6 Å². The van der Waals surface area contributed by atoms with Gasteiger partial charge >= 0.3 is 5.97 Å². The van der Waals surface area contributed by atoms with Gasteiger partial charge in [-0.1, -0.05) is 6.92 Å². The van der Waals surface area contributed by atoms with E-state index in [-0.39, 0.29) is 5.97 Å². The molecular formula is C11H22N2O2. The Morgan fingerprint density at radius 2 is 2.13 bits per heavy atom. The summed E-state index contributed by atoms with van der Waals surface area (Å²) in [5, 5.41) is 3.52. The summed E-state index contributed by atoms with van der Waals surface area (Å²) in [4.78, 5) is 13.2. The van der Waals surface area contributed by atoms with Crippen molar-refractivity contribution < 1.29 is 9.53 Å². The number of carbonyl (C=O) groups excluding carboxylic acids is 1. The van der Waals surface area contributed by atoms with Gasteiger partial charge in [0.05, 0.1) is 13.7 Å². The monoisotopic (exact) mass is 214 g/mol. The van der Waals surface area contributed by atoms with Gasteiger partial charge in [0.15, 0.2) is 0 Å². The maximum absolute atomic E-state index is 11.1. The number of hydrogen-bond donors (Lipinski definition) is 1. The Hall–Kier alpha value is -0.610. The number of nitrogens with one attached hydrogen (secondary N) is 1. The van der Waals surface area contributed by atoms with Crippen molar-refractivity contribution in [1.82, 2.24) is 10.2 Å². The van der Waals surface area contributed by atoms with E-state index in [1.54, 1.807) is 0 Å². The van der Waals surface area contributed by atoms with E-state index >= 15 is 0 Å². The van der Waals surface area contributed by atoms with Crippen molar-refractivity contribution in [3.8, 4) is 0 Å². The Bertz CT molecular complexity index is 189. The number of rotatable bonds is 5. The number of methoxy groups -OCH3 is 1. The van der Waals surface area contributed by atoms with E-state index in [2.05, 4.69) is 21.9 Å². The van der Waals surface area contributed by atoms with Crippen LogP contribution in [0.15, 0.2) is 0 Å². The number of carbonyl (C=O) groups is 1. The molecule has 1 N–H and O–H groups in total. The second-order valence-electron chi connectivity index (χ2n) is 4.08. The van der Waals surface area contributed by atoms with Gasteiger partial charge in [-0.25, -0.2) is 0 Å². The molecule has 0 aromatic heterocycles. The summed E-state index contributed by atoms with van der Waals surface area (Å²) >= 11 is 0. The highest BCUT2D eigenvalue weighted by atomic mass is 16.5. The third kappa shape index (κ3) is 4.62. The molecule has 0 saturated carbocycles. The van der Waals surface area contributed by atoms with E-state index in [9.17, 15) is 4.79 Å². The zero-order valence-electron chi connectivity index (χ0n) is 9.79. The molecular weight excluding hydrogens is 192 g/mol. The first kappa shape index (κ1) is 12.5. The quantitative estimate of drug-likeness (QED) is 0.681. The number of hydrogen-bond acceptors (Lipinski definition) is 4. The van der Waals surface area contributed by atoms with Crippen LogP contribution in [0.2, 0.25) is 0 Å². The van der Waals surface area contributed by atoms with E-state index in [4.69, 9.17) is 0 Å². The third-order valence-corrected chi connectivity index (χ3v) is 2.85. The van der Waals surface area contributed by atoms with Crippen LogP contribution in [-0.2, 0) is 9.53 Å². The van der Waals surface area contributed by atoms with Gasteiger partial charge in [-0.3, -0.25) is 9.69 Å². The fourth-order valence-electron chi connectivity index (χ4n) is 1.89. The van der Waals surface area contributed by atoms with Crippen molar-refractivity contribution in [3.63, 3.8) is 0 Å². The molecule has 15 heavy (non-hydrogen) atoms. The molecule has 0 unspecified atom stereocenters. The molecule has 4 nitrogen and oxygen atoms in total. The van der Waals surface area contributed by atoms with E-state index < -0.39 is 0 Å². The molecule has 0 radical (unpaired) electrons. The normalized spacial score (nSPS) is 19.1. The number of esters is 1. The van der Waals surface area contributed by atoms with E-state index in [0.717, 1.165) is 32.5 Å². The summed E-state index contributed by atoms with van der Waals surface area (Å²) in [6.45, 7) is 5.71. The van der Waals surface area contributed by atoms with Crippen LogP contribution >= 0.6 is 0 Å². The highest BCUT2D eigenvalue weighted by Gasteiger charge is 2.20. The largest absolute Gasteiger partial charge is 0.468 e. The SMILES string of the molecule is CCCNC1CCN(CC(=O)OC)CC1. The lowest BCUT2D eigenvalue weighted by atomic mass is 10.1. The predicted molar refractivity (Wildman–Crippen MR) is 59.8 cm³/mol. The van der Waals surface area contributed by atoms with E-state index in [1.807, 2.05) is 0 Å². The van der Waals surface area contributed by atoms with Crippen LogP contribution in [0.4, 0.5) is 0 Å². The predicted octanol–water partition coefficient (Wildman–Crippen LogP) is 0.623. The van der Waals surface area contributed by atoms with Gasteiger partial charge in [0.25, 0.3) is 0 Å². The summed E-state index contributed by atoms with van der Waals surface area (Å²) in [6.07, 6.45) is 3.45. The van der Waals surface area contributed by atoms with Crippen molar-refractivity contribution >= 4 is 5.97 Å². The molecule has 1 heterocycles. The fraction of sp³-hybridized carbons (Fsp3) is 0.909. The van der Waals surface area contributed by atoms with Crippen molar-refractivity contribution in [2.45, 2.75) is 32.2 Å². The van der Waals surface area contributed by atoms with Gasteiger partial charge in [-0.05, 0) is 25.8 Å². The molecule has 0 spiro atoms. The number of piperidine rings is 1. The van der Waals surface area contributed by atoms with Crippen LogP contribution in [0.1, 0.15) is 26.2 Å².